The van der Waals surface area contributed by atoms with E-state index in [0.29, 0.717) is 11.7 Å². The van der Waals surface area contributed by atoms with E-state index >= 15 is 0 Å². The molecular weight excluding hydrogens is 495 g/mol. The molecule has 0 radical (unpaired) electrons. The highest BCUT2D eigenvalue weighted by Crippen LogP contribution is 2.58. The standard InChI is InChI=1S/C28H26N2O4P.ClH/c1-20-7-4-10-26(13-20)35(27-11-5-8-21(2)14-27,28-12-6-9-22(3)15-28)19-23-16-24(29(31)32)18-25(17-23)30(33)34;/h4-18H,19H2,1-3H3;1H/q+1;/p-1. The molecule has 36 heavy (non-hydrogen) atoms. The normalized spacial score (nSPS) is 11.0. The van der Waals surface area contributed by atoms with Gasteiger partial charge < -0.3 is 12.4 Å². The Labute approximate surface area is 217 Å². The summed E-state index contributed by atoms with van der Waals surface area (Å²) in [7, 11) is -2.40. The van der Waals surface area contributed by atoms with Gasteiger partial charge >= 0.3 is 0 Å². The Bertz CT molecular complexity index is 1300. The fourth-order valence-electron chi connectivity index (χ4n) is 4.55. The van der Waals surface area contributed by atoms with Gasteiger partial charge in [0.05, 0.1) is 22.1 Å². The summed E-state index contributed by atoms with van der Waals surface area (Å²) in [5.41, 5.74) is 3.35. The zero-order valence-electron chi connectivity index (χ0n) is 20.2. The lowest BCUT2D eigenvalue weighted by Gasteiger charge is -2.28. The Morgan fingerprint density at radius 1 is 0.611 bits per heavy atom. The average molecular weight is 521 g/mol. The summed E-state index contributed by atoms with van der Waals surface area (Å²) >= 11 is 0. The predicted octanol–water partition coefficient (Wildman–Crippen LogP) is 2.93. The van der Waals surface area contributed by atoms with Crippen LogP contribution in [0.3, 0.4) is 0 Å². The smallest absolute Gasteiger partial charge is 0.276 e. The molecule has 0 N–H and O–H groups in total. The molecule has 184 valence electrons. The first-order chi connectivity index (χ1) is 16.7. The quantitative estimate of drug-likeness (QED) is 0.213. The highest BCUT2D eigenvalue weighted by Gasteiger charge is 2.46. The number of nitro benzene ring substituents is 2. The van der Waals surface area contributed by atoms with Crippen LogP contribution in [0, 0.1) is 41.0 Å². The molecule has 4 aromatic rings. The summed E-state index contributed by atoms with van der Waals surface area (Å²) in [6.07, 6.45) is 0.423. The van der Waals surface area contributed by atoms with Gasteiger partial charge in [0, 0.05) is 17.7 Å². The third kappa shape index (κ3) is 5.46. The van der Waals surface area contributed by atoms with Gasteiger partial charge in [-0.3, -0.25) is 20.2 Å². The van der Waals surface area contributed by atoms with E-state index in [-0.39, 0.29) is 23.8 Å². The van der Waals surface area contributed by atoms with Crippen LogP contribution in [0.2, 0.25) is 0 Å². The van der Waals surface area contributed by atoms with Crippen LogP contribution in [0.1, 0.15) is 22.3 Å². The van der Waals surface area contributed by atoms with Gasteiger partial charge in [0.1, 0.15) is 23.2 Å². The maximum atomic E-state index is 11.6. The van der Waals surface area contributed by atoms with Crippen molar-refractivity contribution >= 4 is 34.6 Å². The first kappa shape index (κ1) is 27.0. The molecule has 0 saturated heterocycles. The molecule has 4 aromatic carbocycles. The molecular formula is C28H26ClN2O4P. The molecule has 0 unspecified atom stereocenters. The number of nitrogens with zero attached hydrogens (tertiary/aromatic N) is 2. The fourth-order valence-corrected chi connectivity index (χ4v) is 9.02. The summed E-state index contributed by atoms with van der Waals surface area (Å²) in [4.78, 5) is 22.1. The number of halogens is 1. The molecule has 6 nitrogen and oxygen atoms in total. The van der Waals surface area contributed by atoms with Crippen molar-refractivity contribution in [1.29, 1.82) is 0 Å². The summed E-state index contributed by atoms with van der Waals surface area (Å²) < 4.78 is 0. The van der Waals surface area contributed by atoms with E-state index in [1.165, 1.54) is 12.1 Å². The number of aryl methyl sites for hydroxylation is 3. The third-order valence-corrected chi connectivity index (χ3v) is 10.4. The van der Waals surface area contributed by atoms with E-state index < -0.39 is 17.1 Å². The largest absolute Gasteiger partial charge is 1.00 e. The van der Waals surface area contributed by atoms with E-state index in [1.54, 1.807) is 0 Å². The third-order valence-electron chi connectivity index (χ3n) is 6.13. The zero-order chi connectivity index (χ0) is 25.2. The fraction of sp³-hybridized carbons (Fsp3) is 0.143. The molecule has 0 saturated carbocycles. The molecule has 0 aromatic heterocycles. The van der Waals surface area contributed by atoms with E-state index in [1.807, 2.05) is 57.2 Å². The lowest BCUT2D eigenvalue weighted by Crippen LogP contribution is -3.00. The first-order valence-electron chi connectivity index (χ1n) is 11.2. The minimum atomic E-state index is -2.40. The van der Waals surface area contributed by atoms with Gasteiger partial charge in [-0.15, -0.1) is 0 Å². The highest BCUT2D eigenvalue weighted by molar-refractivity contribution is 7.95. The van der Waals surface area contributed by atoms with Gasteiger partial charge in [0.2, 0.25) is 0 Å². The molecule has 0 amide bonds. The molecule has 4 rings (SSSR count). The van der Waals surface area contributed by atoms with E-state index in [0.717, 1.165) is 38.7 Å². The molecule has 0 heterocycles. The second-order valence-electron chi connectivity index (χ2n) is 8.86. The van der Waals surface area contributed by atoms with Crippen molar-refractivity contribution < 1.29 is 22.3 Å². The minimum Gasteiger partial charge on any atom is -1.00 e. The van der Waals surface area contributed by atoms with Gasteiger partial charge in [-0.25, -0.2) is 0 Å². The second-order valence-corrected chi connectivity index (χ2v) is 12.3. The summed E-state index contributed by atoms with van der Waals surface area (Å²) in [6, 6.07) is 29.0. The topological polar surface area (TPSA) is 86.3 Å². The Morgan fingerprint density at radius 3 is 1.28 bits per heavy atom. The van der Waals surface area contributed by atoms with Gasteiger partial charge in [0.25, 0.3) is 11.4 Å². The number of rotatable bonds is 7. The van der Waals surface area contributed by atoms with Gasteiger partial charge in [0.15, 0.2) is 0 Å². The van der Waals surface area contributed by atoms with Crippen LogP contribution < -0.4 is 28.3 Å². The van der Waals surface area contributed by atoms with Gasteiger partial charge in [-0.1, -0.05) is 36.4 Å². The maximum absolute atomic E-state index is 11.6. The van der Waals surface area contributed by atoms with Crippen LogP contribution in [0.15, 0.2) is 91.0 Å². The van der Waals surface area contributed by atoms with Gasteiger partial charge in [-0.2, -0.15) is 0 Å². The van der Waals surface area contributed by atoms with Crippen molar-refractivity contribution in [2.24, 2.45) is 0 Å². The summed E-state index contributed by atoms with van der Waals surface area (Å²) in [5, 5.41) is 26.6. The van der Waals surface area contributed by atoms with Crippen molar-refractivity contribution in [3.8, 4) is 0 Å². The van der Waals surface area contributed by atoms with Crippen molar-refractivity contribution in [1.82, 2.24) is 0 Å². The number of non-ortho nitro benzene ring substituents is 2. The van der Waals surface area contributed by atoms with Crippen molar-refractivity contribution in [3.63, 3.8) is 0 Å². The molecule has 0 atom stereocenters. The number of hydrogen-bond donors (Lipinski definition) is 0. The van der Waals surface area contributed by atoms with Crippen LogP contribution in [-0.2, 0) is 6.16 Å². The summed E-state index contributed by atoms with van der Waals surface area (Å²) in [6.45, 7) is 6.13. The number of hydrogen-bond acceptors (Lipinski definition) is 4. The maximum Gasteiger partial charge on any atom is 0.276 e. The predicted molar refractivity (Wildman–Crippen MR) is 143 cm³/mol. The Hall–Kier alpha value is -3.60. The number of nitro groups is 2. The first-order valence-corrected chi connectivity index (χ1v) is 13.2. The Balaban J connectivity index is 0.00000361. The lowest BCUT2D eigenvalue weighted by molar-refractivity contribution is -0.394. The minimum absolute atomic E-state index is 0. The van der Waals surface area contributed by atoms with Crippen molar-refractivity contribution in [2.75, 3.05) is 0 Å². The zero-order valence-corrected chi connectivity index (χ0v) is 21.9. The highest BCUT2D eigenvalue weighted by atomic mass is 35.5. The van der Waals surface area contributed by atoms with E-state index in [4.69, 9.17) is 0 Å². The Morgan fingerprint density at radius 2 is 0.972 bits per heavy atom. The van der Waals surface area contributed by atoms with Crippen molar-refractivity contribution in [2.45, 2.75) is 26.9 Å². The van der Waals surface area contributed by atoms with Crippen LogP contribution in [-0.4, -0.2) is 9.85 Å². The summed E-state index contributed by atoms with van der Waals surface area (Å²) in [5.74, 6) is 0. The van der Waals surface area contributed by atoms with Gasteiger partial charge in [-0.05, 0) is 73.9 Å². The lowest BCUT2D eigenvalue weighted by atomic mass is 10.2. The molecule has 0 aliphatic carbocycles. The second kappa shape index (κ2) is 11.0. The number of benzene rings is 4. The van der Waals surface area contributed by atoms with Crippen LogP contribution in [0.25, 0.3) is 0 Å². The van der Waals surface area contributed by atoms with Crippen molar-refractivity contribution in [3.05, 3.63) is 133 Å². The van der Waals surface area contributed by atoms with E-state index in [9.17, 15) is 20.2 Å². The molecule has 0 aliphatic heterocycles. The van der Waals surface area contributed by atoms with Crippen LogP contribution in [0.4, 0.5) is 11.4 Å². The van der Waals surface area contributed by atoms with E-state index in [2.05, 4.69) is 36.4 Å². The van der Waals surface area contributed by atoms with Crippen LogP contribution >= 0.6 is 7.26 Å². The monoisotopic (exact) mass is 520 g/mol. The SMILES string of the molecule is Cc1cccc([P+](Cc2cc([N+](=O)[O-])cc([N+](=O)[O-])c2)(c2cccc(C)c2)c2cccc(C)c2)c1.[Cl-]. The molecule has 0 fully saturated rings. The molecule has 0 bridgehead atoms. The molecule has 0 aliphatic rings. The Kier molecular flexibility index (Phi) is 8.24. The molecule has 0 spiro atoms. The molecule has 8 heteroatoms. The van der Waals surface area contributed by atoms with Crippen LogP contribution in [0.5, 0.6) is 0 Å². The average Bonchev–Trinajstić information content (AvgIpc) is 2.82.